The average Bonchev–Trinajstić information content (AvgIpc) is 3.60. The van der Waals surface area contributed by atoms with Crippen LogP contribution >= 0.6 is 0 Å². The Morgan fingerprint density at radius 3 is 2.47 bits per heavy atom. The van der Waals surface area contributed by atoms with Gasteiger partial charge in [0.1, 0.15) is 28.9 Å². The van der Waals surface area contributed by atoms with Gasteiger partial charge in [-0.3, -0.25) is 5.01 Å². The van der Waals surface area contributed by atoms with Crippen molar-refractivity contribution in [2.45, 2.75) is 57.8 Å². The molecule has 38 heavy (non-hydrogen) atoms. The molecule has 1 saturated carbocycles. The lowest BCUT2D eigenvalue weighted by atomic mass is 10.1. The Labute approximate surface area is 216 Å². The van der Waals surface area contributed by atoms with Gasteiger partial charge in [-0.15, -0.1) is 0 Å². The summed E-state index contributed by atoms with van der Waals surface area (Å²) in [5.74, 6) is 2.03. The molecule has 0 N–H and O–H groups in total. The van der Waals surface area contributed by atoms with Crippen molar-refractivity contribution in [2.24, 2.45) is 5.10 Å². The summed E-state index contributed by atoms with van der Waals surface area (Å²) < 4.78 is 46.9. The lowest BCUT2D eigenvalue weighted by Gasteiger charge is -2.20. The van der Waals surface area contributed by atoms with Crippen molar-refractivity contribution in [3.8, 4) is 17.3 Å². The molecule has 4 aromatic rings. The highest BCUT2D eigenvalue weighted by atomic mass is 19.4. The number of aromatic nitrogens is 6. The second-order valence-electron chi connectivity index (χ2n) is 9.67. The Hall–Kier alpha value is -4.09. The summed E-state index contributed by atoms with van der Waals surface area (Å²) in [6.45, 7) is 4.11. The number of nitrogens with zero attached hydrogens (tertiary/aromatic N) is 8. The zero-order chi connectivity index (χ0) is 26.6. The van der Waals surface area contributed by atoms with E-state index in [-0.39, 0.29) is 12.5 Å². The number of hydrogen-bond donors (Lipinski definition) is 0. The third kappa shape index (κ3) is 4.33. The molecule has 0 spiro atoms. The predicted octanol–water partition coefficient (Wildman–Crippen LogP) is 5.04. The number of halogens is 3. The number of alkyl halides is 3. The summed E-state index contributed by atoms with van der Waals surface area (Å²) >= 11 is 0. The maximum atomic E-state index is 13.1. The molecule has 1 fully saturated rings. The number of anilines is 1. The minimum absolute atomic E-state index is 0.132. The van der Waals surface area contributed by atoms with Crippen LogP contribution in [0.3, 0.4) is 0 Å². The van der Waals surface area contributed by atoms with E-state index in [9.17, 15) is 13.2 Å². The molecule has 1 unspecified atom stereocenters. The van der Waals surface area contributed by atoms with Crippen LogP contribution in [0.4, 0.5) is 18.9 Å². The van der Waals surface area contributed by atoms with Crippen LogP contribution in [-0.4, -0.2) is 54.5 Å². The van der Waals surface area contributed by atoms with E-state index < -0.39 is 11.9 Å². The van der Waals surface area contributed by atoms with Crippen LogP contribution in [0.5, 0.6) is 5.88 Å². The van der Waals surface area contributed by atoms with Gasteiger partial charge < -0.3 is 9.30 Å². The van der Waals surface area contributed by atoms with Crippen molar-refractivity contribution < 1.29 is 17.9 Å². The van der Waals surface area contributed by atoms with Crippen molar-refractivity contribution in [3.63, 3.8) is 0 Å². The van der Waals surface area contributed by atoms with Gasteiger partial charge in [0.15, 0.2) is 11.5 Å². The van der Waals surface area contributed by atoms with Crippen molar-refractivity contribution in [1.82, 2.24) is 29.5 Å². The molecule has 196 valence electrons. The first-order valence-corrected chi connectivity index (χ1v) is 12.3. The normalized spacial score (nSPS) is 17.8. The van der Waals surface area contributed by atoms with Crippen LogP contribution in [-0.2, 0) is 6.54 Å². The monoisotopic (exact) mass is 522 g/mol. The Balaban J connectivity index is 1.32. The maximum absolute atomic E-state index is 13.1. The maximum Gasteiger partial charge on any atom is 0.431 e. The van der Waals surface area contributed by atoms with Crippen LogP contribution < -0.4 is 9.75 Å². The van der Waals surface area contributed by atoms with E-state index in [0.29, 0.717) is 46.6 Å². The van der Waals surface area contributed by atoms with Gasteiger partial charge in [0.05, 0.1) is 37.3 Å². The smallest absolute Gasteiger partial charge is 0.431 e. The fourth-order valence-electron chi connectivity index (χ4n) is 4.81. The van der Waals surface area contributed by atoms with Gasteiger partial charge in [-0.25, -0.2) is 24.9 Å². The SMILES string of the molecule is COc1ncnc(C2CC2)c1-c1ncc2nc(C)n(Cc3ccc(N4N=C(C(F)(F)F)CC4C)cc3)c2n1. The average molecular weight is 523 g/mol. The number of aryl methyl sites for hydroxylation is 1. The molecule has 1 aromatic carbocycles. The van der Waals surface area contributed by atoms with Crippen LogP contribution in [0.1, 0.15) is 49.2 Å². The number of hydrazone groups is 1. The second kappa shape index (κ2) is 9.03. The molecular weight excluding hydrogens is 497 g/mol. The summed E-state index contributed by atoms with van der Waals surface area (Å²) in [4.78, 5) is 22.8. The number of methoxy groups -OCH3 is 1. The minimum atomic E-state index is -4.42. The van der Waals surface area contributed by atoms with Gasteiger partial charge in [0.2, 0.25) is 5.88 Å². The zero-order valence-corrected chi connectivity index (χ0v) is 21.1. The van der Waals surface area contributed by atoms with Crippen LogP contribution in [0.25, 0.3) is 22.6 Å². The summed E-state index contributed by atoms with van der Waals surface area (Å²) in [5, 5.41) is 5.25. The largest absolute Gasteiger partial charge is 0.480 e. The first-order chi connectivity index (χ1) is 18.2. The lowest BCUT2D eigenvalue weighted by Crippen LogP contribution is -2.24. The van der Waals surface area contributed by atoms with Crippen molar-refractivity contribution in [3.05, 3.63) is 53.9 Å². The molecule has 9 nitrogen and oxygen atoms in total. The van der Waals surface area contributed by atoms with Gasteiger partial charge in [-0.1, -0.05) is 12.1 Å². The Morgan fingerprint density at radius 2 is 1.82 bits per heavy atom. The first kappa shape index (κ1) is 24.3. The van der Waals surface area contributed by atoms with Crippen LogP contribution in [0, 0.1) is 6.92 Å². The number of rotatable bonds is 6. The zero-order valence-electron chi connectivity index (χ0n) is 21.1. The summed E-state index contributed by atoms with van der Waals surface area (Å²) in [5.41, 5.74) is 3.72. The van der Waals surface area contributed by atoms with E-state index in [0.717, 1.165) is 29.9 Å². The van der Waals surface area contributed by atoms with Gasteiger partial charge in [-0.2, -0.15) is 18.3 Å². The molecule has 4 heterocycles. The molecule has 0 radical (unpaired) electrons. The lowest BCUT2D eigenvalue weighted by molar-refractivity contribution is -0.0600. The van der Waals surface area contributed by atoms with Gasteiger partial charge in [0.25, 0.3) is 0 Å². The summed E-state index contributed by atoms with van der Waals surface area (Å²) in [7, 11) is 1.57. The molecule has 6 rings (SSSR count). The standard InChI is InChI=1S/C26H25F3N8O/c1-14-10-20(26(27,28)29)35-37(14)18-8-4-16(5-9-18)12-36-15(2)33-19-11-30-23(34-24(19)36)21-22(17-6-7-17)31-13-32-25(21)38-3/h4-5,8-9,11,13-14,17H,6-7,10,12H2,1-3H3. The fraction of sp³-hybridized carbons (Fsp3) is 0.385. The third-order valence-corrected chi connectivity index (χ3v) is 6.90. The first-order valence-electron chi connectivity index (χ1n) is 12.3. The van der Waals surface area contributed by atoms with E-state index in [2.05, 4.69) is 25.0 Å². The van der Waals surface area contributed by atoms with E-state index in [1.165, 1.54) is 11.3 Å². The topological polar surface area (TPSA) is 94.2 Å². The second-order valence-corrected chi connectivity index (χ2v) is 9.67. The molecule has 3 aromatic heterocycles. The number of imidazole rings is 1. The number of hydrogen-bond acceptors (Lipinski definition) is 8. The van der Waals surface area contributed by atoms with E-state index >= 15 is 0 Å². The Morgan fingerprint density at radius 1 is 1.05 bits per heavy atom. The number of fused-ring (bicyclic) bond motifs is 1. The molecule has 1 atom stereocenters. The summed E-state index contributed by atoms with van der Waals surface area (Å²) in [6.07, 6.45) is 0.762. The molecule has 0 saturated heterocycles. The summed E-state index contributed by atoms with van der Waals surface area (Å²) in [6, 6.07) is 6.98. The van der Waals surface area contributed by atoms with Crippen molar-refractivity contribution in [1.29, 1.82) is 0 Å². The van der Waals surface area contributed by atoms with Crippen LogP contribution in [0.2, 0.25) is 0 Å². The third-order valence-electron chi connectivity index (χ3n) is 6.90. The Bertz CT molecular complexity index is 1540. The number of benzene rings is 1. The highest BCUT2D eigenvalue weighted by Gasteiger charge is 2.41. The molecule has 12 heteroatoms. The molecule has 1 aliphatic heterocycles. The van der Waals surface area contributed by atoms with Gasteiger partial charge >= 0.3 is 6.18 Å². The molecule has 1 aliphatic carbocycles. The number of ether oxygens (including phenoxy) is 1. The van der Waals surface area contributed by atoms with E-state index in [1.54, 1.807) is 32.4 Å². The van der Waals surface area contributed by atoms with Crippen molar-refractivity contribution >= 4 is 22.6 Å². The molecule has 0 amide bonds. The molecule has 0 bridgehead atoms. The quantitative estimate of drug-likeness (QED) is 0.350. The van der Waals surface area contributed by atoms with Crippen LogP contribution in [0.15, 0.2) is 41.9 Å². The predicted molar refractivity (Wildman–Crippen MR) is 135 cm³/mol. The highest BCUT2D eigenvalue weighted by molar-refractivity contribution is 5.93. The molecule has 2 aliphatic rings. The highest BCUT2D eigenvalue weighted by Crippen LogP contribution is 2.45. The van der Waals surface area contributed by atoms with Gasteiger partial charge in [0, 0.05) is 12.3 Å². The van der Waals surface area contributed by atoms with E-state index in [1.807, 2.05) is 23.6 Å². The Kier molecular flexibility index (Phi) is 5.77. The van der Waals surface area contributed by atoms with Gasteiger partial charge in [-0.05, 0) is 44.4 Å². The minimum Gasteiger partial charge on any atom is -0.480 e. The molecular formula is C26H25F3N8O. The fourth-order valence-corrected chi connectivity index (χ4v) is 4.81. The van der Waals surface area contributed by atoms with Crippen molar-refractivity contribution in [2.75, 3.05) is 12.1 Å². The van der Waals surface area contributed by atoms with E-state index in [4.69, 9.17) is 9.72 Å².